The van der Waals surface area contributed by atoms with Crippen molar-refractivity contribution in [3.05, 3.63) is 60.6 Å². The molecule has 3 aromatic rings. The molecule has 3 heterocycles. The summed E-state index contributed by atoms with van der Waals surface area (Å²) in [5.41, 5.74) is 2.67. The molecule has 5 rings (SSSR count). The number of carbonyl (C=O) groups is 1. The number of nitrogens with one attached hydrogen (secondary N) is 1. The summed E-state index contributed by atoms with van der Waals surface area (Å²) >= 11 is 0. The van der Waals surface area contributed by atoms with Gasteiger partial charge in [0.15, 0.2) is 0 Å². The van der Waals surface area contributed by atoms with Crippen LogP contribution >= 0.6 is 0 Å². The monoisotopic (exact) mass is 417 g/mol. The van der Waals surface area contributed by atoms with E-state index in [-0.39, 0.29) is 6.10 Å². The van der Waals surface area contributed by atoms with Crippen LogP contribution in [0.3, 0.4) is 0 Å². The fraction of sp³-hybridized carbons (Fsp3) is 0.304. The Balaban J connectivity index is 1.20. The first kappa shape index (κ1) is 19.3. The molecule has 0 unspecified atom stereocenters. The zero-order valence-electron chi connectivity index (χ0n) is 16.9. The Kier molecular flexibility index (Phi) is 5.11. The fourth-order valence-corrected chi connectivity index (χ4v) is 3.98. The van der Waals surface area contributed by atoms with Gasteiger partial charge in [-0.2, -0.15) is 0 Å². The van der Waals surface area contributed by atoms with Crippen molar-refractivity contribution >= 4 is 28.4 Å². The van der Waals surface area contributed by atoms with Crippen molar-refractivity contribution in [2.24, 2.45) is 0 Å². The quantitative estimate of drug-likeness (QED) is 0.651. The van der Waals surface area contributed by atoms with Crippen LogP contribution in [-0.2, 0) is 0 Å². The first-order chi connectivity index (χ1) is 15.2. The summed E-state index contributed by atoms with van der Waals surface area (Å²) in [6, 6.07) is 12.5. The lowest BCUT2D eigenvalue weighted by molar-refractivity contribution is 0.102. The average Bonchev–Trinajstić information content (AvgIpc) is 2.78. The Bertz CT molecular complexity index is 1140. The van der Waals surface area contributed by atoms with E-state index in [2.05, 4.69) is 32.4 Å². The van der Waals surface area contributed by atoms with Crippen LogP contribution in [0.1, 0.15) is 25.0 Å². The molecular formula is C23H23N5O3. The maximum Gasteiger partial charge on any atom is 0.407 e. The number of carboxylic acid groups (broad SMARTS) is 1. The van der Waals surface area contributed by atoms with E-state index in [4.69, 9.17) is 9.84 Å². The summed E-state index contributed by atoms with van der Waals surface area (Å²) in [6.45, 7) is 0.806. The minimum atomic E-state index is -0.903. The Hall–Kier alpha value is -3.68. The van der Waals surface area contributed by atoms with E-state index in [0.29, 0.717) is 37.1 Å². The maximum absolute atomic E-state index is 11.1. The number of aromatic nitrogens is 3. The first-order valence-electron chi connectivity index (χ1n) is 10.4. The lowest BCUT2D eigenvalue weighted by Crippen LogP contribution is -2.43. The van der Waals surface area contributed by atoms with Gasteiger partial charge in [-0.15, -0.1) is 0 Å². The number of para-hydroxylation sites is 1. The van der Waals surface area contributed by atoms with E-state index < -0.39 is 6.09 Å². The Morgan fingerprint density at radius 3 is 2.77 bits per heavy atom. The van der Waals surface area contributed by atoms with Crippen molar-refractivity contribution in [1.29, 1.82) is 0 Å². The molecule has 2 aliphatic rings. The molecule has 1 aromatic carbocycles. The zero-order chi connectivity index (χ0) is 21.2. The smallest absolute Gasteiger partial charge is 0.407 e. The Morgan fingerprint density at radius 1 is 1.13 bits per heavy atom. The second-order valence-electron chi connectivity index (χ2n) is 7.86. The van der Waals surface area contributed by atoms with E-state index in [1.165, 1.54) is 4.90 Å². The number of hydrogen-bond donors (Lipinski definition) is 2. The largest absolute Gasteiger partial charge is 0.473 e. The molecule has 1 fully saturated rings. The molecule has 1 aliphatic carbocycles. The van der Waals surface area contributed by atoms with E-state index in [1.54, 1.807) is 12.4 Å². The van der Waals surface area contributed by atoms with Gasteiger partial charge >= 0.3 is 6.09 Å². The molecule has 2 N–H and O–H groups in total. The molecule has 1 aliphatic heterocycles. The van der Waals surface area contributed by atoms with Crippen LogP contribution in [0.25, 0.3) is 16.5 Å². The minimum absolute atomic E-state index is 0.0631. The van der Waals surface area contributed by atoms with Gasteiger partial charge in [0.25, 0.3) is 0 Å². The predicted molar refractivity (Wildman–Crippen MR) is 117 cm³/mol. The van der Waals surface area contributed by atoms with Crippen molar-refractivity contribution < 1.29 is 14.6 Å². The summed E-state index contributed by atoms with van der Waals surface area (Å²) in [4.78, 5) is 26.0. The van der Waals surface area contributed by atoms with Crippen molar-refractivity contribution in [3.63, 3.8) is 0 Å². The summed E-state index contributed by atoms with van der Waals surface area (Å²) in [7, 11) is 0. The topological polar surface area (TPSA) is 100 Å². The highest BCUT2D eigenvalue weighted by atomic mass is 16.5. The number of nitrogens with zero attached hydrogens (tertiary/aromatic N) is 4. The molecule has 1 amide bonds. The standard InChI is InChI=1S/C23H23N5O3/c29-23(30)28-11-7-16(8-12-28)21-22(25-10-9-24-21)31-18-13-17(14-18)26-20-6-5-15-3-1-2-4-19(15)27-20/h1-7,9-10,17-18H,8,11-14H2,(H,26,27)(H,29,30)/t17-,18-. The van der Waals surface area contributed by atoms with Crippen LogP contribution in [0.4, 0.5) is 10.6 Å². The number of fused-ring (bicyclic) bond motifs is 1. The van der Waals surface area contributed by atoms with Crippen molar-refractivity contribution in [2.45, 2.75) is 31.4 Å². The molecule has 0 spiro atoms. The van der Waals surface area contributed by atoms with Gasteiger partial charge in [-0.3, -0.25) is 0 Å². The van der Waals surface area contributed by atoms with Gasteiger partial charge in [0.1, 0.15) is 17.6 Å². The summed E-state index contributed by atoms with van der Waals surface area (Å²) < 4.78 is 6.14. The molecule has 0 atom stereocenters. The van der Waals surface area contributed by atoms with Crippen molar-refractivity contribution in [2.75, 3.05) is 18.4 Å². The van der Waals surface area contributed by atoms with Crippen molar-refractivity contribution in [3.8, 4) is 5.88 Å². The molecule has 2 aromatic heterocycles. The second-order valence-corrected chi connectivity index (χ2v) is 7.86. The minimum Gasteiger partial charge on any atom is -0.473 e. The van der Waals surface area contributed by atoms with E-state index >= 15 is 0 Å². The number of amides is 1. The lowest BCUT2D eigenvalue weighted by atomic mass is 9.89. The number of anilines is 1. The van der Waals surface area contributed by atoms with E-state index in [1.807, 2.05) is 30.3 Å². The van der Waals surface area contributed by atoms with Crippen LogP contribution in [0.5, 0.6) is 5.88 Å². The van der Waals surface area contributed by atoms with Gasteiger partial charge in [0, 0.05) is 49.8 Å². The number of rotatable bonds is 5. The highest BCUT2D eigenvalue weighted by Crippen LogP contribution is 2.32. The zero-order valence-corrected chi connectivity index (χ0v) is 16.9. The van der Waals surface area contributed by atoms with E-state index in [9.17, 15) is 4.79 Å². The van der Waals surface area contributed by atoms with E-state index in [0.717, 1.165) is 35.1 Å². The fourth-order valence-electron chi connectivity index (χ4n) is 3.98. The average molecular weight is 417 g/mol. The van der Waals surface area contributed by atoms with Gasteiger partial charge in [-0.05, 0) is 30.2 Å². The van der Waals surface area contributed by atoms with Crippen LogP contribution in [-0.4, -0.2) is 56.3 Å². The number of hydrogen-bond acceptors (Lipinski definition) is 6. The maximum atomic E-state index is 11.1. The molecule has 0 radical (unpaired) electrons. The van der Waals surface area contributed by atoms with Gasteiger partial charge < -0.3 is 20.1 Å². The van der Waals surface area contributed by atoms with Crippen LogP contribution < -0.4 is 10.1 Å². The summed E-state index contributed by atoms with van der Waals surface area (Å²) in [5, 5.41) is 13.7. The number of ether oxygens (including phenoxy) is 1. The van der Waals surface area contributed by atoms with Gasteiger partial charge in [0.2, 0.25) is 5.88 Å². The van der Waals surface area contributed by atoms with Crippen molar-refractivity contribution in [1.82, 2.24) is 19.9 Å². The summed E-state index contributed by atoms with van der Waals surface area (Å²) in [5.74, 6) is 1.39. The molecular weight excluding hydrogens is 394 g/mol. The normalized spacial score (nSPS) is 20.6. The highest BCUT2D eigenvalue weighted by Gasteiger charge is 2.32. The van der Waals surface area contributed by atoms with Crippen LogP contribution in [0, 0.1) is 0 Å². The molecule has 8 nitrogen and oxygen atoms in total. The molecule has 0 saturated heterocycles. The third kappa shape index (κ3) is 4.14. The predicted octanol–water partition coefficient (Wildman–Crippen LogP) is 3.81. The Morgan fingerprint density at radius 2 is 1.97 bits per heavy atom. The lowest BCUT2D eigenvalue weighted by Gasteiger charge is -2.36. The van der Waals surface area contributed by atoms with Crippen LogP contribution in [0.2, 0.25) is 0 Å². The van der Waals surface area contributed by atoms with Gasteiger partial charge in [-0.25, -0.2) is 19.7 Å². The molecule has 158 valence electrons. The third-order valence-electron chi connectivity index (χ3n) is 5.77. The molecule has 0 bridgehead atoms. The van der Waals surface area contributed by atoms with Crippen LogP contribution in [0.15, 0.2) is 54.9 Å². The molecule has 1 saturated carbocycles. The Labute approximate surface area is 179 Å². The van der Waals surface area contributed by atoms with Gasteiger partial charge in [0.05, 0.1) is 5.52 Å². The first-order valence-corrected chi connectivity index (χ1v) is 10.4. The molecule has 8 heteroatoms. The van der Waals surface area contributed by atoms with Gasteiger partial charge in [-0.1, -0.05) is 24.3 Å². The highest BCUT2D eigenvalue weighted by molar-refractivity contribution is 5.80. The summed E-state index contributed by atoms with van der Waals surface area (Å²) in [6.07, 6.45) is 6.64. The molecule has 31 heavy (non-hydrogen) atoms. The number of benzene rings is 1. The number of pyridine rings is 1. The third-order valence-corrected chi connectivity index (χ3v) is 5.77. The second kappa shape index (κ2) is 8.22. The SMILES string of the molecule is O=C(O)N1CC=C(c2nccnc2O[C@H]2C[C@H](Nc3ccc4ccccc4n3)C2)CC1.